The maximum absolute atomic E-state index is 12.0. The van der Waals surface area contributed by atoms with Crippen molar-refractivity contribution in [3.8, 4) is 0 Å². The zero-order valence-corrected chi connectivity index (χ0v) is 11.8. The molecular formula is C15H21N3O2. The van der Waals surface area contributed by atoms with E-state index in [1.54, 1.807) is 7.05 Å². The Bertz CT molecular complexity index is 502. The van der Waals surface area contributed by atoms with Gasteiger partial charge in [0.1, 0.15) is 6.29 Å². The third-order valence-electron chi connectivity index (χ3n) is 3.82. The first-order valence-corrected chi connectivity index (χ1v) is 6.92. The summed E-state index contributed by atoms with van der Waals surface area (Å²) in [5.74, 6) is -0.0225. The summed E-state index contributed by atoms with van der Waals surface area (Å²) in [4.78, 5) is 24.7. The monoisotopic (exact) mass is 275 g/mol. The number of carbonyl (C=O) groups is 2. The van der Waals surface area contributed by atoms with Gasteiger partial charge in [-0.2, -0.15) is 0 Å². The van der Waals surface area contributed by atoms with Gasteiger partial charge in [-0.15, -0.1) is 0 Å². The van der Waals surface area contributed by atoms with Crippen molar-refractivity contribution in [3.05, 3.63) is 29.3 Å². The van der Waals surface area contributed by atoms with Crippen LogP contribution in [0.2, 0.25) is 0 Å². The highest BCUT2D eigenvalue weighted by Crippen LogP contribution is 2.23. The van der Waals surface area contributed by atoms with Gasteiger partial charge in [-0.25, -0.2) is 0 Å². The number of hydrogen-bond acceptors (Lipinski definition) is 4. The van der Waals surface area contributed by atoms with Crippen molar-refractivity contribution in [1.29, 1.82) is 0 Å². The Morgan fingerprint density at radius 2 is 2.30 bits per heavy atom. The molecule has 3 N–H and O–H groups in total. The van der Waals surface area contributed by atoms with Crippen molar-refractivity contribution in [2.75, 3.05) is 19.3 Å². The van der Waals surface area contributed by atoms with Crippen molar-refractivity contribution in [1.82, 2.24) is 10.2 Å². The predicted octanol–water partition coefficient (Wildman–Crippen LogP) is 0.721. The average molecular weight is 275 g/mol. The fourth-order valence-electron chi connectivity index (χ4n) is 2.73. The molecule has 1 heterocycles. The number of fused-ring (bicyclic) bond motifs is 1. The molecule has 1 amide bonds. The number of rotatable bonds is 5. The number of benzene rings is 1. The molecule has 1 aromatic rings. The molecule has 1 aliphatic rings. The molecule has 20 heavy (non-hydrogen) atoms. The molecule has 0 radical (unpaired) electrons. The zero-order chi connectivity index (χ0) is 14.5. The molecule has 0 aliphatic carbocycles. The normalized spacial score (nSPS) is 16.2. The molecule has 1 unspecified atom stereocenters. The van der Waals surface area contributed by atoms with Gasteiger partial charge in [0.25, 0.3) is 0 Å². The predicted molar refractivity (Wildman–Crippen MR) is 78.1 cm³/mol. The number of aldehydes is 1. The third kappa shape index (κ3) is 3.17. The Morgan fingerprint density at radius 3 is 3.00 bits per heavy atom. The Labute approximate surface area is 119 Å². The van der Waals surface area contributed by atoms with Crippen LogP contribution >= 0.6 is 0 Å². The number of nitrogen functional groups attached to an aromatic ring is 1. The summed E-state index contributed by atoms with van der Waals surface area (Å²) < 4.78 is 0. The van der Waals surface area contributed by atoms with Gasteiger partial charge in [0.2, 0.25) is 5.91 Å². The minimum atomic E-state index is -0.240. The molecule has 0 fully saturated rings. The van der Waals surface area contributed by atoms with E-state index in [1.165, 1.54) is 11.1 Å². The first kappa shape index (κ1) is 14.5. The van der Waals surface area contributed by atoms with Gasteiger partial charge in [0, 0.05) is 32.2 Å². The number of carbonyl (C=O) groups excluding carboxylic acids is 2. The molecule has 0 spiro atoms. The Hall–Kier alpha value is -1.88. The number of anilines is 1. The molecule has 0 bridgehead atoms. The highest BCUT2D eigenvalue weighted by atomic mass is 16.2. The van der Waals surface area contributed by atoms with Gasteiger partial charge in [-0.1, -0.05) is 6.07 Å². The van der Waals surface area contributed by atoms with Gasteiger partial charge >= 0.3 is 0 Å². The molecule has 0 aromatic heterocycles. The van der Waals surface area contributed by atoms with E-state index in [0.29, 0.717) is 12.8 Å². The summed E-state index contributed by atoms with van der Waals surface area (Å²) in [6.45, 7) is 1.54. The number of nitrogens with zero attached hydrogens (tertiary/aromatic N) is 1. The van der Waals surface area contributed by atoms with Crippen LogP contribution in [0.4, 0.5) is 5.69 Å². The van der Waals surface area contributed by atoms with Crippen molar-refractivity contribution in [2.24, 2.45) is 0 Å². The van der Waals surface area contributed by atoms with E-state index in [9.17, 15) is 9.59 Å². The minimum Gasteiger partial charge on any atom is -0.399 e. The van der Waals surface area contributed by atoms with Crippen molar-refractivity contribution < 1.29 is 9.59 Å². The first-order chi connectivity index (χ1) is 9.65. The molecule has 108 valence electrons. The fraction of sp³-hybridized carbons (Fsp3) is 0.467. The maximum Gasteiger partial charge on any atom is 0.237 e. The summed E-state index contributed by atoms with van der Waals surface area (Å²) in [7, 11) is 1.63. The number of hydrogen-bond donors (Lipinski definition) is 2. The van der Waals surface area contributed by atoms with E-state index >= 15 is 0 Å². The summed E-state index contributed by atoms with van der Waals surface area (Å²) >= 11 is 0. The van der Waals surface area contributed by atoms with E-state index in [-0.39, 0.29) is 11.9 Å². The van der Waals surface area contributed by atoms with Crippen LogP contribution in [-0.4, -0.2) is 36.7 Å². The van der Waals surface area contributed by atoms with Gasteiger partial charge in [-0.3, -0.25) is 9.69 Å². The minimum absolute atomic E-state index is 0.0225. The van der Waals surface area contributed by atoms with Gasteiger partial charge in [-0.05, 0) is 36.1 Å². The maximum atomic E-state index is 12.0. The highest BCUT2D eigenvalue weighted by molar-refractivity contribution is 5.81. The van der Waals surface area contributed by atoms with E-state index in [1.807, 2.05) is 18.2 Å². The lowest BCUT2D eigenvalue weighted by Crippen LogP contribution is -2.47. The topological polar surface area (TPSA) is 75.4 Å². The van der Waals surface area contributed by atoms with Crippen LogP contribution in [0.15, 0.2) is 18.2 Å². The van der Waals surface area contributed by atoms with Crippen LogP contribution in [-0.2, 0) is 22.6 Å². The van der Waals surface area contributed by atoms with Crippen molar-refractivity contribution in [3.63, 3.8) is 0 Å². The molecule has 1 aliphatic heterocycles. The van der Waals surface area contributed by atoms with E-state index in [0.717, 1.165) is 31.5 Å². The Balaban J connectivity index is 2.13. The Morgan fingerprint density at radius 1 is 1.50 bits per heavy atom. The number of nitrogens with one attached hydrogen (secondary N) is 1. The lowest BCUT2D eigenvalue weighted by atomic mass is 9.96. The molecule has 1 aromatic carbocycles. The highest BCUT2D eigenvalue weighted by Gasteiger charge is 2.27. The summed E-state index contributed by atoms with van der Waals surface area (Å²) in [6, 6.07) is 5.68. The lowest BCUT2D eigenvalue weighted by Gasteiger charge is -2.34. The zero-order valence-electron chi connectivity index (χ0n) is 11.8. The van der Waals surface area contributed by atoms with Crippen LogP contribution in [0.5, 0.6) is 0 Å². The van der Waals surface area contributed by atoms with Crippen LogP contribution in [0.1, 0.15) is 24.0 Å². The molecule has 0 saturated carbocycles. The summed E-state index contributed by atoms with van der Waals surface area (Å²) in [5, 5.41) is 2.69. The molecule has 1 atom stereocenters. The van der Waals surface area contributed by atoms with E-state index in [4.69, 9.17) is 5.73 Å². The van der Waals surface area contributed by atoms with Gasteiger partial charge < -0.3 is 15.8 Å². The molecule has 2 rings (SSSR count). The second-order valence-electron chi connectivity index (χ2n) is 5.12. The molecule has 5 heteroatoms. The first-order valence-electron chi connectivity index (χ1n) is 6.92. The van der Waals surface area contributed by atoms with Crippen molar-refractivity contribution in [2.45, 2.75) is 31.8 Å². The number of amides is 1. The standard InChI is InChI=1S/C15H21N3O2/c1-17-15(20)14(3-2-8-19)18-7-6-11-9-13(16)5-4-12(11)10-18/h4-5,8-9,14H,2-3,6-7,10,16H2,1H3,(H,17,20). The summed E-state index contributed by atoms with van der Waals surface area (Å²) in [6.07, 6.45) is 2.72. The average Bonchev–Trinajstić information content (AvgIpc) is 2.47. The van der Waals surface area contributed by atoms with Crippen LogP contribution < -0.4 is 11.1 Å². The van der Waals surface area contributed by atoms with Crippen molar-refractivity contribution >= 4 is 17.9 Å². The molecular weight excluding hydrogens is 254 g/mol. The quantitative estimate of drug-likeness (QED) is 0.613. The summed E-state index contributed by atoms with van der Waals surface area (Å²) in [5.41, 5.74) is 9.04. The number of nitrogens with two attached hydrogens (primary N) is 1. The Kier molecular flexibility index (Phi) is 4.74. The van der Waals surface area contributed by atoms with Crippen LogP contribution in [0, 0.1) is 0 Å². The lowest BCUT2D eigenvalue weighted by molar-refractivity contribution is -0.126. The third-order valence-corrected chi connectivity index (χ3v) is 3.82. The van der Waals surface area contributed by atoms with Gasteiger partial charge in [0.15, 0.2) is 0 Å². The molecule has 0 saturated heterocycles. The van der Waals surface area contributed by atoms with Crippen LogP contribution in [0.3, 0.4) is 0 Å². The van der Waals surface area contributed by atoms with Gasteiger partial charge in [0.05, 0.1) is 6.04 Å². The molecule has 5 nitrogen and oxygen atoms in total. The van der Waals surface area contributed by atoms with E-state index < -0.39 is 0 Å². The van der Waals surface area contributed by atoms with Crippen LogP contribution in [0.25, 0.3) is 0 Å². The second kappa shape index (κ2) is 6.52. The fourth-order valence-corrected chi connectivity index (χ4v) is 2.73. The SMILES string of the molecule is CNC(=O)C(CCC=O)N1CCc2cc(N)ccc2C1. The largest absolute Gasteiger partial charge is 0.399 e. The smallest absolute Gasteiger partial charge is 0.237 e. The second-order valence-corrected chi connectivity index (χ2v) is 5.12. The van der Waals surface area contributed by atoms with E-state index in [2.05, 4.69) is 10.2 Å². The number of likely N-dealkylation sites (N-methyl/N-ethyl adjacent to an activating group) is 1.